The fraction of sp³-hybridized carbons (Fsp3) is 0.459. The van der Waals surface area contributed by atoms with Crippen LogP contribution in [0.5, 0.6) is 0 Å². The number of nitrogens with zero attached hydrogens (tertiary/aromatic N) is 4. The zero-order valence-electron chi connectivity index (χ0n) is 27.7. The number of rotatable bonds is 11. The van der Waals surface area contributed by atoms with Gasteiger partial charge in [0, 0.05) is 79.8 Å². The Bertz CT molecular complexity index is 1650. The lowest BCUT2D eigenvalue weighted by Gasteiger charge is -2.32. The predicted octanol–water partition coefficient (Wildman–Crippen LogP) is 6.85. The Morgan fingerprint density at radius 3 is 2.63 bits per heavy atom. The number of hydrogen-bond donors (Lipinski definition) is 2. The molecule has 0 bridgehead atoms. The van der Waals surface area contributed by atoms with Crippen molar-refractivity contribution in [3.05, 3.63) is 87.0 Å². The third kappa shape index (κ3) is 7.35. The number of aromatic carboxylic acids is 1. The molecule has 0 radical (unpaired) electrons. The van der Waals surface area contributed by atoms with Gasteiger partial charge in [0.05, 0.1) is 17.1 Å². The highest BCUT2D eigenvalue weighted by Crippen LogP contribution is 2.39. The summed E-state index contributed by atoms with van der Waals surface area (Å²) in [5.41, 5.74) is 13.8. The van der Waals surface area contributed by atoms with E-state index in [-0.39, 0.29) is 0 Å². The van der Waals surface area contributed by atoms with Crippen molar-refractivity contribution in [3.63, 3.8) is 0 Å². The Hall–Kier alpha value is -3.59. The van der Waals surface area contributed by atoms with Gasteiger partial charge in [-0.25, -0.2) is 4.79 Å². The Balaban J connectivity index is 1.51. The van der Waals surface area contributed by atoms with Crippen molar-refractivity contribution in [2.45, 2.75) is 58.9 Å². The van der Waals surface area contributed by atoms with E-state index in [9.17, 15) is 9.90 Å². The highest BCUT2D eigenvalue weighted by Gasteiger charge is 2.28. The number of nitrogens with two attached hydrogens (primary N) is 1. The minimum Gasteiger partial charge on any atom is -0.493 e. The van der Waals surface area contributed by atoms with Gasteiger partial charge in [0.15, 0.2) is 0 Å². The van der Waals surface area contributed by atoms with Crippen LogP contribution in [0, 0.1) is 0 Å². The first-order chi connectivity index (χ1) is 22.2. The minimum atomic E-state index is -0.944. The molecule has 2 aliphatic carbocycles. The summed E-state index contributed by atoms with van der Waals surface area (Å²) in [6, 6.07) is 3.82. The quantitative estimate of drug-likeness (QED) is 0.205. The summed E-state index contributed by atoms with van der Waals surface area (Å²) in [7, 11) is 3.87. The first-order valence-electron chi connectivity index (χ1n) is 16.5. The van der Waals surface area contributed by atoms with Crippen LogP contribution >= 0.6 is 11.6 Å². The molecule has 46 heavy (non-hydrogen) atoms. The van der Waals surface area contributed by atoms with Crippen molar-refractivity contribution in [2.24, 2.45) is 10.7 Å². The molecule has 1 aliphatic heterocycles. The number of ether oxygens (including phenoxy) is 1. The lowest BCUT2D eigenvalue weighted by atomic mass is 9.96. The third-order valence-electron chi connectivity index (χ3n) is 9.42. The van der Waals surface area contributed by atoms with Crippen LogP contribution in [0.4, 0.5) is 0 Å². The van der Waals surface area contributed by atoms with Gasteiger partial charge >= 0.3 is 5.97 Å². The third-order valence-corrected chi connectivity index (χ3v) is 9.73. The molecule has 2 heterocycles. The molecule has 5 rings (SSSR count). The van der Waals surface area contributed by atoms with Crippen LogP contribution in [-0.2, 0) is 17.7 Å². The summed E-state index contributed by atoms with van der Waals surface area (Å²) in [5.74, 6) is -0.00192. The second-order valence-corrected chi connectivity index (χ2v) is 12.9. The van der Waals surface area contributed by atoms with Crippen molar-refractivity contribution in [1.29, 1.82) is 0 Å². The van der Waals surface area contributed by atoms with Gasteiger partial charge in [0.2, 0.25) is 0 Å². The van der Waals surface area contributed by atoms with E-state index in [0.29, 0.717) is 42.4 Å². The molecule has 1 aromatic carbocycles. The number of piperazine rings is 1. The molecule has 0 unspecified atom stereocenters. The number of aliphatic imine (C=N–C) groups is 1. The van der Waals surface area contributed by atoms with Crippen molar-refractivity contribution in [2.75, 3.05) is 53.4 Å². The van der Waals surface area contributed by atoms with E-state index < -0.39 is 5.97 Å². The van der Waals surface area contributed by atoms with Gasteiger partial charge in [-0.2, -0.15) is 0 Å². The van der Waals surface area contributed by atoms with Gasteiger partial charge in [-0.05, 0) is 77.1 Å². The van der Waals surface area contributed by atoms with Gasteiger partial charge in [-0.15, -0.1) is 0 Å². The lowest BCUT2D eigenvalue weighted by molar-refractivity contribution is 0.0682. The molecule has 0 amide bonds. The van der Waals surface area contributed by atoms with Gasteiger partial charge in [-0.3, -0.25) is 9.89 Å². The molecular weight excluding hydrogens is 598 g/mol. The van der Waals surface area contributed by atoms with Crippen LogP contribution in [0.1, 0.15) is 67.6 Å². The number of carboxylic acid groups (broad SMARTS) is 1. The van der Waals surface area contributed by atoms with E-state index in [1.807, 2.05) is 30.5 Å². The van der Waals surface area contributed by atoms with E-state index in [2.05, 4.69) is 52.2 Å². The Morgan fingerprint density at radius 2 is 1.91 bits per heavy atom. The topological polar surface area (TPSA) is 96.3 Å². The number of halogens is 1. The minimum absolute atomic E-state index is 0.309. The van der Waals surface area contributed by atoms with E-state index in [1.54, 1.807) is 7.05 Å². The van der Waals surface area contributed by atoms with Crippen molar-refractivity contribution < 1.29 is 14.6 Å². The molecule has 8 nitrogen and oxygen atoms in total. The van der Waals surface area contributed by atoms with E-state index >= 15 is 0 Å². The zero-order valence-corrected chi connectivity index (χ0v) is 28.5. The molecule has 246 valence electrons. The van der Waals surface area contributed by atoms with Crippen molar-refractivity contribution in [1.82, 2.24) is 14.4 Å². The Labute approximate surface area is 278 Å². The molecule has 3 N–H and O–H groups in total. The molecule has 1 aromatic heterocycles. The number of likely N-dealkylation sites (N-methyl/N-ethyl adjacent to an activating group) is 1. The molecule has 2 aromatic rings. The number of fused-ring (bicyclic) bond motifs is 1. The lowest BCUT2D eigenvalue weighted by Crippen LogP contribution is -2.45. The van der Waals surface area contributed by atoms with Gasteiger partial charge in [0.1, 0.15) is 11.5 Å². The largest absolute Gasteiger partial charge is 0.493 e. The molecule has 0 saturated carbocycles. The highest BCUT2D eigenvalue weighted by atomic mass is 35.5. The SMILES string of the molecule is CN=C(C)/C(=C(/C)N)c1c(Cl)ccc2c(CCCOC3=CCCCC4=C3C=CC=CC4)c(C(=O)O)n(CCN3CCN(C)CC3)c12. The van der Waals surface area contributed by atoms with Crippen LogP contribution in [0.25, 0.3) is 16.5 Å². The Kier molecular flexibility index (Phi) is 11.3. The van der Waals surface area contributed by atoms with Crippen LogP contribution in [-0.4, -0.2) is 84.6 Å². The monoisotopic (exact) mass is 645 g/mol. The summed E-state index contributed by atoms with van der Waals surface area (Å²) in [6.07, 6.45) is 16.1. The standard InChI is InChI=1S/C37H48ClN5O3/c1-25(39)33(26(2)40-3)34-31(38)17-16-30-29(14-10-24-46-32-15-9-8-12-27-11-6-5-7-13-28(27)32)36(37(44)45)43(35(30)34)23-22-42-20-18-41(4)19-21-42/h5-7,13,15-17H,8-12,14,18-24,39H2,1-4H3,(H,44,45)/b33-25+,40-26?. The predicted molar refractivity (Wildman–Crippen MR) is 190 cm³/mol. The summed E-state index contributed by atoms with van der Waals surface area (Å²) < 4.78 is 8.39. The number of aromatic nitrogens is 1. The van der Waals surface area contributed by atoms with Crippen molar-refractivity contribution >= 4 is 39.8 Å². The molecule has 1 fully saturated rings. The fourth-order valence-corrected chi connectivity index (χ4v) is 7.17. The summed E-state index contributed by atoms with van der Waals surface area (Å²) in [5, 5.41) is 12.1. The molecule has 1 saturated heterocycles. The number of aryl methyl sites for hydroxylation is 1. The highest BCUT2D eigenvalue weighted by molar-refractivity contribution is 6.37. The fourth-order valence-electron chi connectivity index (χ4n) is 6.93. The van der Waals surface area contributed by atoms with E-state index in [0.717, 1.165) is 97.5 Å². The average molecular weight is 646 g/mol. The van der Waals surface area contributed by atoms with Gasteiger partial charge < -0.3 is 25.0 Å². The number of allylic oxidation sites excluding steroid dienone is 8. The number of benzene rings is 1. The first kappa shape index (κ1) is 33.8. The Morgan fingerprint density at radius 1 is 1.13 bits per heavy atom. The van der Waals surface area contributed by atoms with Crippen LogP contribution < -0.4 is 5.73 Å². The van der Waals surface area contributed by atoms with Crippen LogP contribution in [0.15, 0.2) is 70.1 Å². The molecule has 0 atom stereocenters. The molecular formula is C37H48ClN5O3. The normalized spacial score (nSPS) is 18.7. The summed E-state index contributed by atoms with van der Waals surface area (Å²) in [6.45, 7) is 9.39. The summed E-state index contributed by atoms with van der Waals surface area (Å²) >= 11 is 6.95. The maximum Gasteiger partial charge on any atom is 0.352 e. The number of carbonyl (C=O) groups is 1. The van der Waals surface area contributed by atoms with Crippen LogP contribution in [0.2, 0.25) is 5.02 Å². The van der Waals surface area contributed by atoms with E-state index in [4.69, 9.17) is 22.1 Å². The number of carboxylic acids is 1. The molecule has 3 aliphatic rings. The molecule has 9 heteroatoms. The van der Waals surface area contributed by atoms with Crippen LogP contribution in [0.3, 0.4) is 0 Å². The summed E-state index contributed by atoms with van der Waals surface area (Å²) in [4.78, 5) is 22.3. The average Bonchev–Trinajstić information content (AvgIpc) is 3.16. The number of hydrogen-bond acceptors (Lipinski definition) is 6. The second-order valence-electron chi connectivity index (χ2n) is 12.5. The van der Waals surface area contributed by atoms with Gasteiger partial charge in [-0.1, -0.05) is 47.5 Å². The van der Waals surface area contributed by atoms with E-state index in [1.165, 1.54) is 11.1 Å². The zero-order chi connectivity index (χ0) is 32.8. The smallest absolute Gasteiger partial charge is 0.352 e. The maximum atomic E-state index is 13.1. The first-order valence-corrected chi connectivity index (χ1v) is 16.9. The molecule has 0 spiro atoms. The van der Waals surface area contributed by atoms with Gasteiger partial charge in [0.25, 0.3) is 0 Å². The maximum absolute atomic E-state index is 13.1. The van der Waals surface area contributed by atoms with Crippen molar-refractivity contribution in [3.8, 4) is 0 Å². The second kappa shape index (κ2) is 15.3.